The summed E-state index contributed by atoms with van der Waals surface area (Å²) >= 11 is 5.24. The fraction of sp³-hybridized carbons (Fsp3) is 0. The van der Waals surface area contributed by atoms with Crippen molar-refractivity contribution in [3.63, 3.8) is 0 Å². The maximum atomic E-state index is 11.8. The van der Waals surface area contributed by atoms with E-state index < -0.39 is 5.95 Å². The lowest BCUT2D eigenvalue weighted by atomic mass is 10.6. The molecule has 0 saturated heterocycles. The second kappa shape index (κ2) is 2.05. The van der Waals surface area contributed by atoms with Gasteiger partial charge < -0.3 is 0 Å². The Balaban J connectivity index is 3.03. The van der Waals surface area contributed by atoms with Gasteiger partial charge in [0.15, 0.2) is 5.15 Å². The van der Waals surface area contributed by atoms with E-state index in [9.17, 15) is 4.39 Å². The summed E-state index contributed by atoms with van der Waals surface area (Å²) in [6.45, 7) is 0. The Kier molecular flexibility index (Phi) is 1.39. The lowest BCUT2D eigenvalue weighted by molar-refractivity contribution is 0.561. The Labute approximate surface area is 50.3 Å². The van der Waals surface area contributed by atoms with Gasteiger partial charge in [0, 0.05) is 6.07 Å². The number of hydrogen-bond acceptors (Lipinski definition) is 2. The van der Waals surface area contributed by atoms with E-state index in [4.69, 9.17) is 11.6 Å². The first-order chi connectivity index (χ1) is 3.79. The second-order valence-corrected chi connectivity index (χ2v) is 1.49. The molecule has 0 N–H and O–H groups in total. The SMILES string of the molecule is Fc1[c]cc(Cl)nn1. The minimum atomic E-state index is -0.741. The molecule has 0 saturated carbocycles. The summed E-state index contributed by atoms with van der Waals surface area (Å²) in [7, 11) is 0. The molecule has 0 spiro atoms. The smallest absolute Gasteiger partial charge is 0.182 e. The summed E-state index contributed by atoms with van der Waals surface area (Å²) in [4.78, 5) is 0. The molecule has 0 fully saturated rings. The van der Waals surface area contributed by atoms with E-state index in [-0.39, 0.29) is 5.15 Å². The summed E-state index contributed by atoms with van der Waals surface area (Å²) in [5.41, 5.74) is 0. The molecule has 4 heteroatoms. The summed E-state index contributed by atoms with van der Waals surface area (Å²) in [5, 5.41) is 6.31. The average Bonchev–Trinajstić information content (AvgIpc) is 1.77. The minimum absolute atomic E-state index is 0.145. The number of halogens is 2. The highest BCUT2D eigenvalue weighted by Crippen LogP contribution is 1.98. The Hall–Kier alpha value is -0.700. The molecular formula is C4HClFN2. The molecular weight excluding hydrogens is 131 g/mol. The van der Waals surface area contributed by atoms with Crippen molar-refractivity contribution in [2.45, 2.75) is 0 Å². The summed E-state index contributed by atoms with van der Waals surface area (Å²) in [6, 6.07) is 3.34. The van der Waals surface area contributed by atoms with Crippen molar-refractivity contribution in [1.29, 1.82) is 0 Å². The summed E-state index contributed by atoms with van der Waals surface area (Å²) in [5.74, 6) is -0.741. The number of rotatable bonds is 0. The van der Waals surface area contributed by atoms with Gasteiger partial charge in [-0.05, 0) is 6.07 Å². The second-order valence-electron chi connectivity index (χ2n) is 1.10. The van der Waals surface area contributed by atoms with Crippen molar-refractivity contribution >= 4 is 11.6 Å². The molecule has 0 aliphatic rings. The predicted octanol–water partition coefficient (Wildman–Crippen LogP) is 1.07. The van der Waals surface area contributed by atoms with Gasteiger partial charge in [0.1, 0.15) is 0 Å². The average molecular weight is 132 g/mol. The first-order valence-electron chi connectivity index (χ1n) is 1.85. The van der Waals surface area contributed by atoms with Crippen LogP contribution in [0.15, 0.2) is 6.07 Å². The molecule has 0 bridgehead atoms. The quantitative estimate of drug-likeness (QED) is 0.526. The van der Waals surface area contributed by atoms with E-state index in [1.54, 1.807) is 0 Å². The maximum Gasteiger partial charge on any atom is 0.241 e. The molecule has 41 valence electrons. The van der Waals surface area contributed by atoms with Crippen molar-refractivity contribution in [3.05, 3.63) is 23.2 Å². The van der Waals surface area contributed by atoms with Crippen LogP contribution in [-0.2, 0) is 0 Å². The molecule has 0 atom stereocenters. The Morgan fingerprint density at radius 2 is 2.38 bits per heavy atom. The lowest BCUT2D eigenvalue weighted by Gasteiger charge is -1.81. The summed E-state index contributed by atoms with van der Waals surface area (Å²) in [6.07, 6.45) is 0. The van der Waals surface area contributed by atoms with E-state index >= 15 is 0 Å². The van der Waals surface area contributed by atoms with E-state index in [1.807, 2.05) is 0 Å². The van der Waals surface area contributed by atoms with Gasteiger partial charge in [-0.3, -0.25) is 0 Å². The van der Waals surface area contributed by atoms with Crippen LogP contribution in [0.3, 0.4) is 0 Å². The van der Waals surface area contributed by atoms with Crippen molar-refractivity contribution < 1.29 is 4.39 Å². The Bertz CT molecular complexity index is 153. The first kappa shape index (κ1) is 5.44. The normalized spacial score (nSPS) is 9.25. The highest BCUT2D eigenvalue weighted by molar-refractivity contribution is 6.29. The molecule has 0 aromatic carbocycles. The van der Waals surface area contributed by atoms with Crippen LogP contribution < -0.4 is 0 Å². The van der Waals surface area contributed by atoms with Gasteiger partial charge in [-0.2, -0.15) is 4.39 Å². The molecule has 1 aromatic heterocycles. The zero-order chi connectivity index (χ0) is 5.98. The van der Waals surface area contributed by atoms with Crippen molar-refractivity contribution in [3.8, 4) is 0 Å². The van der Waals surface area contributed by atoms with Gasteiger partial charge in [0.05, 0.1) is 0 Å². The van der Waals surface area contributed by atoms with Crippen molar-refractivity contribution in [1.82, 2.24) is 10.2 Å². The van der Waals surface area contributed by atoms with Gasteiger partial charge in [0.2, 0.25) is 5.95 Å². The standard InChI is InChI=1S/C4HClFN2/c5-3-1-2-4(6)8-7-3/h1H. The third-order valence-electron chi connectivity index (χ3n) is 0.544. The van der Waals surface area contributed by atoms with Gasteiger partial charge >= 0.3 is 0 Å². The van der Waals surface area contributed by atoms with Crippen LogP contribution in [0.1, 0.15) is 0 Å². The topological polar surface area (TPSA) is 25.8 Å². The molecule has 1 heterocycles. The molecule has 0 amide bonds. The highest BCUT2D eigenvalue weighted by atomic mass is 35.5. The molecule has 8 heavy (non-hydrogen) atoms. The maximum absolute atomic E-state index is 11.8. The molecule has 1 aromatic rings. The number of hydrogen-bond donors (Lipinski definition) is 0. The first-order valence-corrected chi connectivity index (χ1v) is 2.23. The number of aromatic nitrogens is 2. The van der Waals surface area contributed by atoms with Crippen LogP contribution in [0.4, 0.5) is 4.39 Å². The van der Waals surface area contributed by atoms with Gasteiger partial charge in [-0.15, -0.1) is 10.2 Å². The molecule has 0 aliphatic carbocycles. The largest absolute Gasteiger partial charge is 0.241 e. The van der Waals surface area contributed by atoms with E-state index in [1.165, 1.54) is 6.07 Å². The van der Waals surface area contributed by atoms with Gasteiger partial charge in [-0.1, -0.05) is 11.6 Å². The van der Waals surface area contributed by atoms with E-state index in [2.05, 4.69) is 16.3 Å². The van der Waals surface area contributed by atoms with Crippen LogP contribution in [-0.4, -0.2) is 10.2 Å². The summed E-state index contributed by atoms with van der Waals surface area (Å²) < 4.78 is 11.8. The van der Waals surface area contributed by atoms with Crippen LogP contribution in [0, 0.1) is 12.0 Å². The Morgan fingerprint density at radius 1 is 1.62 bits per heavy atom. The van der Waals surface area contributed by atoms with E-state index in [0.29, 0.717) is 0 Å². The highest BCUT2D eigenvalue weighted by Gasteiger charge is 1.89. The Morgan fingerprint density at radius 3 is 2.75 bits per heavy atom. The third kappa shape index (κ3) is 1.13. The van der Waals surface area contributed by atoms with Crippen LogP contribution >= 0.6 is 11.6 Å². The lowest BCUT2D eigenvalue weighted by Crippen LogP contribution is -1.84. The van der Waals surface area contributed by atoms with Gasteiger partial charge in [-0.25, -0.2) is 0 Å². The fourth-order valence-corrected chi connectivity index (χ4v) is 0.361. The fourth-order valence-electron chi connectivity index (χ4n) is 0.269. The number of nitrogens with zero attached hydrogens (tertiary/aromatic N) is 2. The van der Waals surface area contributed by atoms with E-state index in [0.717, 1.165) is 0 Å². The zero-order valence-electron chi connectivity index (χ0n) is 3.73. The monoisotopic (exact) mass is 131 g/mol. The molecule has 0 aliphatic heterocycles. The van der Waals surface area contributed by atoms with Crippen molar-refractivity contribution in [2.75, 3.05) is 0 Å². The third-order valence-corrected chi connectivity index (χ3v) is 0.728. The molecule has 1 rings (SSSR count). The van der Waals surface area contributed by atoms with Crippen LogP contribution in [0.25, 0.3) is 0 Å². The zero-order valence-corrected chi connectivity index (χ0v) is 4.48. The van der Waals surface area contributed by atoms with Crippen LogP contribution in [0.5, 0.6) is 0 Å². The van der Waals surface area contributed by atoms with Gasteiger partial charge in [0.25, 0.3) is 0 Å². The molecule has 1 radical (unpaired) electrons. The molecule has 2 nitrogen and oxygen atoms in total. The molecule has 0 unspecified atom stereocenters. The van der Waals surface area contributed by atoms with Crippen molar-refractivity contribution in [2.24, 2.45) is 0 Å². The minimum Gasteiger partial charge on any atom is -0.182 e. The predicted molar refractivity (Wildman–Crippen MR) is 25.8 cm³/mol. The van der Waals surface area contributed by atoms with Crippen LogP contribution in [0.2, 0.25) is 5.15 Å².